The number of nitrogens with zero attached hydrogens (tertiary/aromatic N) is 3. The van der Waals surface area contributed by atoms with Gasteiger partial charge in [0.25, 0.3) is 5.56 Å². The third-order valence-corrected chi connectivity index (χ3v) is 4.30. The van der Waals surface area contributed by atoms with Crippen LogP contribution in [0.3, 0.4) is 0 Å². The Morgan fingerprint density at radius 3 is 2.57 bits per heavy atom. The Morgan fingerprint density at radius 2 is 2.00 bits per heavy atom. The summed E-state index contributed by atoms with van der Waals surface area (Å²) in [5, 5.41) is 19.9. The second kappa shape index (κ2) is 9.51. The van der Waals surface area contributed by atoms with Gasteiger partial charge in [0, 0.05) is 12.8 Å². The van der Waals surface area contributed by atoms with E-state index < -0.39 is 11.5 Å². The third kappa shape index (κ3) is 4.46. The van der Waals surface area contributed by atoms with Gasteiger partial charge in [0.05, 0.1) is 23.4 Å². The van der Waals surface area contributed by atoms with Gasteiger partial charge in [-0.3, -0.25) is 14.4 Å². The minimum Gasteiger partial charge on any atom is -0.494 e. The van der Waals surface area contributed by atoms with E-state index in [-0.39, 0.29) is 11.4 Å². The van der Waals surface area contributed by atoms with Crippen molar-refractivity contribution in [1.82, 2.24) is 4.57 Å². The Morgan fingerprint density at radius 1 is 1.32 bits per heavy atom. The van der Waals surface area contributed by atoms with Gasteiger partial charge in [0.2, 0.25) is 5.88 Å². The molecule has 1 aromatic heterocycles. The zero-order valence-corrected chi connectivity index (χ0v) is 16.2. The van der Waals surface area contributed by atoms with Crippen molar-refractivity contribution in [2.75, 3.05) is 6.61 Å². The number of unbranched alkanes of at least 4 members (excludes halogenated alkanes) is 1. The van der Waals surface area contributed by atoms with Gasteiger partial charge < -0.3 is 9.84 Å². The van der Waals surface area contributed by atoms with Crippen LogP contribution in [0.25, 0.3) is 0 Å². The lowest BCUT2D eigenvalue weighted by atomic mass is 10.1. The van der Waals surface area contributed by atoms with Gasteiger partial charge in [-0.2, -0.15) is 5.26 Å². The Bertz CT molecular complexity index is 983. The fraction of sp³-hybridized carbons (Fsp3) is 0.333. The standard InChI is InChI=1S/C21H23N3O4/c1-4-6-11-24-19(25)17(12-22)14(3)18(20(24)26)13-23-16-9-7-15(8-10-16)21(27)28-5-2/h7-10,13,26H,4-6,11H2,1-3H3. The zero-order valence-electron chi connectivity index (χ0n) is 16.2. The number of carbonyl (C=O) groups is 1. The van der Waals surface area contributed by atoms with Crippen LogP contribution in [0.5, 0.6) is 5.88 Å². The number of nitriles is 1. The highest BCUT2D eigenvalue weighted by atomic mass is 16.5. The normalized spacial score (nSPS) is 10.8. The minimum absolute atomic E-state index is 0.00647. The van der Waals surface area contributed by atoms with Gasteiger partial charge in [-0.25, -0.2) is 4.79 Å². The lowest BCUT2D eigenvalue weighted by Crippen LogP contribution is -2.25. The molecular formula is C21H23N3O4. The fourth-order valence-corrected chi connectivity index (χ4v) is 2.69. The van der Waals surface area contributed by atoms with Gasteiger partial charge in [-0.1, -0.05) is 13.3 Å². The number of ether oxygens (including phenoxy) is 1. The number of pyridine rings is 1. The summed E-state index contributed by atoms with van der Waals surface area (Å²) in [5.74, 6) is -0.616. The fourth-order valence-electron chi connectivity index (χ4n) is 2.69. The monoisotopic (exact) mass is 381 g/mol. The molecule has 1 heterocycles. The quantitative estimate of drug-likeness (QED) is 0.584. The molecule has 0 saturated carbocycles. The molecule has 0 aliphatic rings. The summed E-state index contributed by atoms with van der Waals surface area (Å²) >= 11 is 0. The first-order valence-corrected chi connectivity index (χ1v) is 9.12. The Hall–Kier alpha value is -3.40. The van der Waals surface area contributed by atoms with Crippen molar-refractivity contribution in [1.29, 1.82) is 5.26 Å². The van der Waals surface area contributed by atoms with Gasteiger partial charge >= 0.3 is 5.97 Å². The number of aromatic nitrogens is 1. The molecule has 0 saturated heterocycles. The van der Waals surface area contributed by atoms with E-state index in [1.807, 2.05) is 13.0 Å². The molecule has 0 bridgehead atoms. The van der Waals surface area contributed by atoms with Crippen molar-refractivity contribution < 1.29 is 14.6 Å². The van der Waals surface area contributed by atoms with Crippen LogP contribution in [0.4, 0.5) is 5.69 Å². The predicted molar refractivity (Wildman–Crippen MR) is 106 cm³/mol. The van der Waals surface area contributed by atoms with Crippen LogP contribution in [0.15, 0.2) is 34.1 Å². The predicted octanol–water partition coefficient (Wildman–Crippen LogP) is 3.46. The minimum atomic E-state index is -0.498. The maximum absolute atomic E-state index is 12.4. The summed E-state index contributed by atoms with van der Waals surface area (Å²) in [6.07, 6.45) is 2.97. The molecule has 0 unspecified atom stereocenters. The number of benzene rings is 1. The first-order valence-electron chi connectivity index (χ1n) is 9.12. The molecule has 0 radical (unpaired) electrons. The molecule has 7 heteroatoms. The molecule has 2 aromatic rings. The topological polar surface area (TPSA) is 105 Å². The number of hydrogen-bond donors (Lipinski definition) is 1. The third-order valence-electron chi connectivity index (χ3n) is 4.30. The van der Waals surface area contributed by atoms with Crippen LogP contribution in [-0.4, -0.2) is 28.5 Å². The molecule has 1 N–H and O–H groups in total. The van der Waals surface area contributed by atoms with Gasteiger partial charge in [0.1, 0.15) is 11.6 Å². The summed E-state index contributed by atoms with van der Waals surface area (Å²) in [6, 6.07) is 8.41. The number of aromatic hydroxyl groups is 1. The number of rotatable bonds is 7. The van der Waals surface area contributed by atoms with Crippen LogP contribution in [0.2, 0.25) is 0 Å². The maximum atomic E-state index is 12.4. The highest BCUT2D eigenvalue weighted by Crippen LogP contribution is 2.22. The molecule has 2 rings (SSSR count). The Labute approximate surface area is 163 Å². The number of esters is 1. The largest absolute Gasteiger partial charge is 0.494 e. The second-order valence-electron chi connectivity index (χ2n) is 6.18. The summed E-state index contributed by atoms with van der Waals surface area (Å²) in [4.78, 5) is 28.4. The molecule has 0 aliphatic carbocycles. The summed E-state index contributed by atoms with van der Waals surface area (Å²) < 4.78 is 6.15. The van der Waals surface area contributed by atoms with Gasteiger partial charge in [-0.05, 0) is 50.1 Å². The summed E-state index contributed by atoms with van der Waals surface area (Å²) in [7, 11) is 0. The Kier molecular flexibility index (Phi) is 7.10. The summed E-state index contributed by atoms with van der Waals surface area (Å²) in [5.41, 5.74) is 1.16. The Balaban J connectivity index is 2.41. The smallest absolute Gasteiger partial charge is 0.338 e. The molecule has 28 heavy (non-hydrogen) atoms. The van der Waals surface area contributed by atoms with E-state index in [2.05, 4.69) is 4.99 Å². The van der Waals surface area contributed by atoms with E-state index in [1.165, 1.54) is 10.8 Å². The molecule has 1 aromatic carbocycles. The molecule has 0 fully saturated rings. The van der Waals surface area contributed by atoms with Crippen molar-refractivity contribution in [2.24, 2.45) is 4.99 Å². The molecule has 0 amide bonds. The van der Waals surface area contributed by atoms with Crippen LogP contribution in [-0.2, 0) is 11.3 Å². The van der Waals surface area contributed by atoms with Crippen molar-refractivity contribution in [3.05, 3.63) is 56.9 Å². The highest BCUT2D eigenvalue weighted by Gasteiger charge is 2.17. The first kappa shape index (κ1) is 20.9. The molecule has 7 nitrogen and oxygen atoms in total. The molecule has 146 valence electrons. The van der Waals surface area contributed by atoms with Crippen LogP contribution in [0.1, 0.15) is 53.7 Å². The molecule has 0 atom stereocenters. The van der Waals surface area contributed by atoms with Crippen molar-refractivity contribution >= 4 is 17.9 Å². The molecular weight excluding hydrogens is 358 g/mol. The molecule has 0 spiro atoms. The van der Waals surface area contributed by atoms with Gasteiger partial charge in [-0.15, -0.1) is 0 Å². The second-order valence-corrected chi connectivity index (χ2v) is 6.18. The van der Waals surface area contributed by atoms with Gasteiger partial charge in [0.15, 0.2) is 0 Å². The number of hydrogen-bond acceptors (Lipinski definition) is 6. The van der Waals surface area contributed by atoms with E-state index >= 15 is 0 Å². The van der Waals surface area contributed by atoms with Crippen LogP contribution >= 0.6 is 0 Å². The number of aliphatic imine (C=N–C) groups is 1. The lowest BCUT2D eigenvalue weighted by molar-refractivity contribution is 0.0526. The van der Waals surface area contributed by atoms with Crippen LogP contribution < -0.4 is 5.56 Å². The van der Waals surface area contributed by atoms with E-state index in [0.717, 1.165) is 6.42 Å². The molecule has 0 aliphatic heterocycles. The van der Waals surface area contributed by atoms with E-state index in [4.69, 9.17) is 4.74 Å². The maximum Gasteiger partial charge on any atom is 0.338 e. The van der Waals surface area contributed by atoms with Crippen molar-refractivity contribution in [3.63, 3.8) is 0 Å². The highest BCUT2D eigenvalue weighted by molar-refractivity contribution is 5.90. The van der Waals surface area contributed by atoms with Crippen LogP contribution in [0, 0.1) is 18.3 Å². The zero-order chi connectivity index (χ0) is 20.7. The van der Waals surface area contributed by atoms with E-state index in [0.29, 0.717) is 42.0 Å². The first-order chi connectivity index (χ1) is 13.4. The van der Waals surface area contributed by atoms with E-state index in [1.54, 1.807) is 38.1 Å². The van der Waals surface area contributed by atoms with E-state index in [9.17, 15) is 20.0 Å². The van der Waals surface area contributed by atoms with Crippen molar-refractivity contribution in [3.8, 4) is 11.9 Å². The lowest BCUT2D eigenvalue weighted by Gasteiger charge is -2.13. The SMILES string of the molecule is CCCCn1c(O)c(C=Nc2ccc(C(=O)OCC)cc2)c(C)c(C#N)c1=O. The summed E-state index contributed by atoms with van der Waals surface area (Å²) in [6.45, 7) is 5.94. The van der Waals surface area contributed by atoms with Crippen molar-refractivity contribution in [2.45, 2.75) is 40.2 Å². The average Bonchev–Trinajstić information content (AvgIpc) is 2.69. The average molecular weight is 381 g/mol. The number of carbonyl (C=O) groups excluding carboxylic acids is 1.